The summed E-state index contributed by atoms with van der Waals surface area (Å²) < 4.78 is 0. The van der Waals surface area contributed by atoms with Crippen LogP contribution in [0.1, 0.15) is 23.6 Å². The molecular weight excluding hydrogens is 168 g/mol. The van der Waals surface area contributed by atoms with E-state index in [4.69, 9.17) is 11.6 Å². The van der Waals surface area contributed by atoms with E-state index in [9.17, 15) is 0 Å². The van der Waals surface area contributed by atoms with E-state index in [1.165, 1.54) is 29.5 Å². The third kappa shape index (κ3) is 1.36. The van der Waals surface area contributed by atoms with E-state index in [0.29, 0.717) is 5.88 Å². The van der Waals surface area contributed by atoms with Gasteiger partial charge in [-0.15, -0.1) is 11.6 Å². The van der Waals surface area contributed by atoms with E-state index in [0.717, 1.165) is 5.92 Å². The lowest BCUT2D eigenvalue weighted by Crippen LogP contribution is -1.89. The van der Waals surface area contributed by atoms with Gasteiger partial charge in [0.2, 0.25) is 0 Å². The van der Waals surface area contributed by atoms with Crippen LogP contribution in [0.15, 0.2) is 18.2 Å². The summed E-state index contributed by atoms with van der Waals surface area (Å²) in [5.74, 6) is 1.47. The molecule has 1 aliphatic rings. The number of halogens is 1. The first-order chi connectivity index (χ1) is 5.79. The van der Waals surface area contributed by atoms with Gasteiger partial charge in [-0.05, 0) is 35.4 Å². The highest BCUT2D eigenvalue weighted by Gasteiger charge is 2.17. The number of hydrogen-bond acceptors (Lipinski definition) is 0. The predicted molar refractivity (Wildman–Crippen MR) is 52.6 cm³/mol. The van der Waals surface area contributed by atoms with Crippen molar-refractivity contribution in [3.63, 3.8) is 0 Å². The van der Waals surface area contributed by atoms with Crippen LogP contribution in [0.25, 0.3) is 0 Å². The number of benzene rings is 1. The minimum atomic E-state index is 0.641. The first-order valence-corrected chi connectivity index (χ1v) is 4.99. The molecule has 12 heavy (non-hydrogen) atoms. The molecule has 0 N–H and O–H groups in total. The number of rotatable bonds is 1. The zero-order valence-corrected chi connectivity index (χ0v) is 8.06. The number of hydrogen-bond donors (Lipinski definition) is 0. The lowest BCUT2D eigenvalue weighted by Gasteiger charge is -2.00. The summed E-state index contributed by atoms with van der Waals surface area (Å²) in [4.78, 5) is 0. The highest BCUT2D eigenvalue weighted by atomic mass is 35.5. The standard InChI is InChI=1S/C11H13Cl/c1-8-4-10-3-2-9(7-12)6-11(10)5-8/h2-3,6,8H,4-5,7H2,1H3. The van der Waals surface area contributed by atoms with Crippen molar-refractivity contribution in [2.45, 2.75) is 25.6 Å². The Balaban J connectivity index is 2.35. The second kappa shape index (κ2) is 3.10. The van der Waals surface area contributed by atoms with Gasteiger partial charge < -0.3 is 0 Å². The van der Waals surface area contributed by atoms with Gasteiger partial charge >= 0.3 is 0 Å². The molecule has 0 aromatic heterocycles. The van der Waals surface area contributed by atoms with E-state index >= 15 is 0 Å². The SMILES string of the molecule is CC1Cc2ccc(CCl)cc2C1. The molecule has 0 fully saturated rings. The summed E-state index contributed by atoms with van der Waals surface area (Å²) in [6.45, 7) is 2.31. The van der Waals surface area contributed by atoms with E-state index in [1.54, 1.807) is 0 Å². The van der Waals surface area contributed by atoms with E-state index in [1.807, 2.05) is 0 Å². The third-order valence-corrected chi connectivity index (χ3v) is 2.87. The second-order valence-corrected chi connectivity index (χ2v) is 4.02. The Bertz CT molecular complexity index is 291. The summed E-state index contributed by atoms with van der Waals surface area (Å²) in [6, 6.07) is 6.63. The van der Waals surface area contributed by atoms with Crippen LogP contribution in [0.3, 0.4) is 0 Å². The molecule has 1 aromatic rings. The zero-order valence-electron chi connectivity index (χ0n) is 7.31. The highest BCUT2D eigenvalue weighted by Crippen LogP contribution is 2.27. The van der Waals surface area contributed by atoms with Gasteiger partial charge in [0.15, 0.2) is 0 Å². The summed E-state index contributed by atoms with van der Waals surface area (Å²) >= 11 is 5.77. The first-order valence-electron chi connectivity index (χ1n) is 4.46. The van der Waals surface area contributed by atoms with Gasteiger partial charge in [-0.3, -0.25) is 0 Å². The molecule has 1 heteroatoms. The maximum Gasteiger partial charge on any atom is 0.0474 e. The Morgan fingerprint density at radius 3 is 2.83 bits per heavy atom. The second-order valence-electron chi connectivity index (χ2n) is 3.75. The molecular formula is C11H13Cl. The molecule has 0 spiro atoms. The Kier molecular flexibility index (Phi) is 2.10. The van der Waals surface area contributed by atoms with E-state index < -0.39 is 0 Å². The van der Waals surface area contributed by atoms with Gasteiger partial charge in [-0.2, -0.15) is 0 Å². The Labute approximate surface area is 78.6 Å². The van der Waals surface area contributed by atoms with Crippen molar-refractivity contribution in [3.05, 3.63) is 34.9 Å². The molecule has 0 nitrogen and oxygen atoms in total. The van der Waals surface area contributed by atoms with Crippen molar-refractivity contribution in [1.29, 1.82) is 0 Å². The molecule has 1 unspecified atom stereocenters. The number of fused-ring (bicyclic) bond motifs is 1. The quantitative estimate of drug-likeness (QED) is 0.583. The fourth-order valence-electron chi connectivity index (χ4n) is 1.97. The molecule has 0 saturated heterocycles. The van der Waals surface area contributed by atoms with Crippen LogP contribution in [0.2, 0.25) is 0 Å². The normalized spacial score (nSPS) is 21.0. The maximum atomic E-state index is 5.77. The van der Waals surface area contributed by atoms with Gasteiger partial charge in [0.25, 0.3) is 0 Å². The number of alkyl halides is 1. The molecule has 0 bridgehead atoms. The minimum absolute atomic E-state index is 0.641. The summed E-state index contributed by atoms with van der Waals surface area (Å²) in [7, 11) is 0. The van der Waals surface area contributed by atoms with E-state index in [2.05, 4.69) is 25.1 Å². The van der Waals surface area contributed by atoms with Crippen molar-refractivity contribution < 1.29 is 0 Å². The highest BCUT2D eigenvalue weighted by molar-refractivity contribution is 6.17. The molecule has 64 valence electrons. The zero-order chi connectivity index (χ0) is 8.55. The van der Waals surface area contributed by atoms with Gasteiger partial charge in [-0.1, -0.05) is 25.1 Å². The molecule has 0 aliphatic heterocycles. The fourth-order valence-corrected chi connectivity index (χ4v) is 2.14. The molecule has 0 amide bonds. The van der Waals surface area contributed by atoms with Crippen LogP contribution in [0.5, 0.6) is 0 Å². The van der Waals surface area contributed by atoms with Crippen molar-refractivity contribution >= 4 is 11.6 Å². The Morgan fingerprint density at radius 2 is 2.08 bits per heavy atom. The average Bonchev–Trinajstić information content (AvgIpc) is 2.43. The van der Waals surface area contributed by atoms with Crippen molar-refractivity contribution in [3.8, 4) is 0 Å². The third-order valence-electron chi connectivity index (χ3n) is 2.56. The Morgan fingerprint density at radius 1 is 1.33 bits per heavy atom. The minimum Gasteiger partial charge on any atom is -0.122 e. The van der Waals surface area contributed by atoms with Crippen molar-refractivity contribution in [1.82, 2.24) is 0 Å². The maximum absolute atomic E-state index is 5.77. The average molecular weight is 181 g/mol. The van der Waals surface area contributed by atoms with Gasteiger partial charge in [0.05, 0.1) is 0 Å². The van der Waals surface area contributed by atoms with Gasteiger partial charge in [-0.25, -0.2) is 0 Å². The smallest absolute Gasteiger partial charge is 0.0474 e. The molecule has 1 aromatic carbocycles. The predicted octanol–water partition coefficient (Wildman–Crippen LogP) is 3.16. The van der Waals surface area contributed by atoms with Crippen molar-refractivity contribution in [2.75, 3.05) is 0 Å². The summed E-state index contributed by atoms with van der Waals surface area (Å²) in [6.07, 6.45) is 2.48. The summed E-state index contributed by atoms with van der Waals surface area (Å²) in [5.41, 5.74) is 4.29. The van der Waals surface area contributed by atoms with Crippen LogP contribution in [-0.4, -0.2) is 0 Å². The van der Waals surface area contributed by atoms with Crippen LogP contribution >= 0.6 is 11.6 Å². The van der Waals surface area contributed by atoms with Crippen LogP contribution in [0, 0.1) is 5.92 Å². The van der Waals surface area contributed by atoms with Crippen molar-refractivity contribution in [2.24, 2.45) is 5.92 Å². The topological polar surface area (TPSA) is 0 Å². The molecule has 0 radical (unpaired) electrons. The monoisotopic (exact) mass is 180 g/mol. The van der Waals surface area contributed by atoms with E-state index in [-0.39, 0.29) is 0 Å². The molecule has 1 aliphatic carbocycles. The fraction of sp³-hybridized carbons (Fsp3) is 0.455. The van der Waals surface area contributed by atoms with Crippen LogP contribution in [0.4, 0.5) is 0 Å². The van der Waals surface area contributed by atoms with Crippen LogP contribution in [-0.2, 0) is 18.7 Å². The lowest BCUT2D eigenvalue weighted by atomic mass is 10.1. The molecule has 1 atom stereocenters. The van der Waals surface area contributed by atoms with Crippen LogP contribution < -0.4 is 0 Å². The first kappa shape index (κ1) is 8.12. The van der Waals surface area contributed by atoms with Gasteiger partial charge in [0, 0.05) is 5.88 Å². The lowest BCUT2D eigenvalue weighted by molar-refractivity contribution is 0.627. The molecule has 0 heterocycles. The Hall–Kier alpha value is -0.490. The largest absolute Gasteiger partial charge is 0.122 e. The summed E-state index contributed by atoms with van der Waals surface area (Å²) in [5, 5.41) is 0. The molecule has 2 rings (SSSR count). The molecule has 0 saturated carbocycles. The van der Waals surface area contributed by atoms with Gasteiger partial charge in [0.1, 0.15) is 0 Å².